The summed E-state index contributed by atoms with van der Waals surface area (Å²) in [6.45, 7) is 11.2. The average molecular weight is 646 g/mol. The second kappa shape index (κ2) is 13.9. The Balaban J connectivity index is 1.20. The molecule has 0 spiro atoms. The molecule has 0 aliphatic rings. The van der Waals surface area contributed by atoms with Gasteiger partial charge < -0.3 is 4.90 Å². The van der Waals surface area contributed by atoms with Crippen LogP contribution in [-0.2, 0) is 11.8 Å². The molecule has 0 atom stereocenters. The maximum Gasteiger partial charge on any atom is 0.0462 e. The highest BCUT2D eigenvalue weighted by Gasteiger charge is 2.17. The van der Waals surface area contributed by atoms with Gasteiger partial charge in [-0.05, 0) is 109 Å². The summed E-state index contributed by atoms with van der Waals surface area (Å²) in [6, 6.07) is 40.7. The molecule has 3 aromatic carbocycles. The number of nitrogens with zero attached hydrogens (tertiary/aromatic N) is 1. The van der Waals surface area contributed by atoms with Crippen LogP contribution in [0.2, 0.25) is 0 Å². The minimum atomic E-state index is 0.125. The third kappa shape index (κ3) is 7.52. The molecule has 1 nitrogen and oxygen atoms in total. The highest BCUT2D eigenvalue weighted by atomic mass is 32.1. The molecule has 0 bridgehead atoms. The average Bonchev–Trinajstić information content (AvgIpc) is 3.82. The Morgan fingerprint density at radius 2 is 1.00 bits per heavy atom. The van der Waals surface area contributed by atoms with Gasteiger partial charge in [-0.15, -0.1) is 34.0 Å². The summed E-state index contributed by atoms with van der Waals surface area (Å²) < 4.78 is 0. The molecule has 6 rings (SSSR count). The first-order chi connectivity index (χ1) is 21.8. The topological polar surface area (TPSA) is 3.24 Å². The van der Waals surface area contributed by atoms with Crippen LogP contribution in [0, 0.1) is 6.92 Å². The van der Waals surface area contributed by atoms with E-state index in [-0.39, 0.29) is 5.41 Å². The highest BCUT2D eigenvalue weighted by Crippen LogP contribution is 2.43. The van der Waals surface area contributed by atoms with Crippen molar-refractivity contribution in [3.05, 3.63) is 125 Å². The Morgan fingerprint density at radius 1 is 0.511 bits per heavy atom. The lowest BCUT2D eigenvalue weighted by molar-refractivity contribution is 0.590. The zero-order valence-electron chi connectivity index (χ0n) is 27.1. The van der Waals surface area contributed by atoms with E-state index >= 15 is 0 Å². The number of hydrogen-bond acceptors (Lipinski definition) is 4. The molecule has 0 fully saturated rings. The lowest BCUT2D eigenvalue weighted by Gasteiger charge is -2.27. The third-order valence-electron chi connectivity index (χ3n) is 8.33. The number of aryl methyl sites for hydroxylation is 2. The van der Waals surface area contributed by atoms with E-state index in [0.717, 1.165) is 11.4 Å². The van der Waals surface area contributed by atoms with Crippen molar-refractivity contribution >= 4 is 51.1 Å². The summed E-state index contributed by atoms with van der Waals surface area (Å²) in [7, 11) is 0. The molecule has 0 aliphatic carbocycles. The molecule has 3 aromatic heterocycles. The summed E-state index contributed by atoms with van der Waals surface area (Å²) in [5, 5.41) is 0. The van der Waals surface area contributed by atoms with E-state index in [1.165, 1.54) is 83.7 Å². The maximum atomic E-state index is 2.35. The molecule has 0 radical (unpaired) electrons. The Morgan fingerprint density at radius 3 is 1.58 bits per heavy atom. The number of anilines is 3. The van der Waals surface area contributed by atoms with E-state index in [2.05, 4.69) is 149 Å². The van der Waals surface area contributed by atoms with Crippen molar-refractivity contribution in [2.75, 3.05) is 4.90 Å². The monoisotopic (exact) mass is 645 g/mol. The highest BCUT2D eigenvalue weighted by molar-refractivity contribution is 7.27. The molecular weight excluding hydrogens is 603 g/mol. The Kier molecular flexibility index (Phi) is 9.75. The second-order valence-electron chi connectivity index (χ2n) is 12.9. The first kappa shape index (κ1) is 31.5. The van der Waals surface area contributed by atoms with Crippen molar-refractivity contribution in [1.82, 2.24) is 0 Å². The van der Waals surface area contributed by atoms with Gasteiger partial charge in [0.15, 0.2) is 0 Å². The first-order valence-electron chi connectivity index (χ1n) is 16.2. The fourth-order valence-electron chi connectivity index (χ4n) is 5.63. The van der Waals surface area contributed by atoms with Crippen LogP contribution in [0.5, 0.6) is 0 Å². The zero-order chi connectivity index (χ0) is 31.4. The smallest absolute Gasteiger partial charge is 0.0462 e. The number of unbranched alkanes of at least 4 members (excludes halogenated alkanes) is 3. The van der Waals surface area contributed by atoms with E-state index in [0.29, 0.717) is 0 Å². The van der Waals surface area contributed by atoms with Crippen LogP contribution in [0.15, 0.2) is 109 Å². The molecular formula is C41H43NS3. The Bertz CT molecular complexity index is 1810. The molecule has 4 heteroatoms. The molecule has 3 heterocycles. The van der Waals surface area contributed by atoms with Crippen LogP contribution in [0.25, 0.3) is 29.9 Å². The van der Waals surface area contributed by atoms with Crippen molar-refractivity contribution < 1.29 is 0 Å². The lowest BCUT2D eigenvalue weighted by atomic mass is 9.87. The SMILES string of the molecule is CCCCCCc1ccc(-c2ccc(-c3ccc(-c4ccc(N(c5ccc(C)cc5)c5ccc(C(C)(C)C)cc5)cc4)s3)s2)s1. The quantitative estimate of drug-likeness (QED) is 0.127. The van der Waals surface area contributed by atoms with Crippen molar-refractivity contribution in [3.8, 4) is 29.9 Å². The summed E-state index contributed by atoms with van der Waals surface area (Å²) in [5.74, 6) is 0. The van der Waals surface area contributed by atoms with Gasteiger partial charge in [0.2, 0.25) is 0 Å². The Labute approximate surface area is 281 Å². The van der Waals surface area contributed by atoms with Crippen molar-refractivity contribution in [2.24, 2.45) is 0 Å². The zero-order valence-corrected chi connectivity index (χ0v) is 29.5. The van der Waals surface area contributed by atoms with E-state index in [4.69, 9.17) is 0 Å². The lowest BCUT2D eigenvalue weighted by Crippen LogP contribution is -2.13. The van der Waals surface area contributed by atoms with Gasteiger partial charge in [0.25, 0.3) is 0 Å². The van der Waals surface area contributed by atoms with E-state index in [1.54, 1.807) is 0 Å². The van der Waals surface area contributed by atoms with Gasteiger partial charge in [-0.1, -0.05) is 88.9 Å². The predicted molar refractivity (Wildman–Crippen MR) is 202 cm³/mol. The van der Waals surface area contributed by atoms with Crippen molar-refractivity contribution in [1.29, 1.82) is 0 Å². The van der Waals surface area contributed by atoms with Crippen LogP contribution in [0.3, 0.4) is 0 Å². The summed E-state index contributed by atoms with van der Waals surface area (Å²) in [5.41, 5.74) is 7.48. The van der Waals surface area contributed by atoms with Crippen LogP contribution in [0.1, 0.15) is 69.4 Å². The molecule has 0 unspecified atom stereocenters. The molecule has 6 aromatic rings. The third-order valence-corrected chi connectivity index (χ3v) is 12.1. The first-order valence-corrected chi connectivity index (χ1v) is 18.6. The van der Waals surface area contributed by atoms with E-state index in [9.17, 15) is 0 Å². The largest absolute Gasteiger partial charge is 0.311 e. The second-order valence-corrected chi connectivity index (χ2v) is 16.3. The minimum absolute atomic E-state index is 0.125. The molecule has 230 valence electrons. The van der Waals surface area contributed by atoms with Gasteiger partial charge in [0.1, 0.15) is 0 Å². The molecule has 0 amide bonds. The van der Waals surface area contributed by atoms with Gasteiger partial charge in [0, 0.05) is 46.3 Å². The number of thiophene rings is 3. The maximum absolute atomic E-state index is 2.35. The van der Waals surface area contributed by atoms with Crippen LogP contribution < -0.4 is 4.90 Å². The standard InChI is InChI=1S/C41H43NS3/c1-6-7-8-9-10-35-23-24-37(43-35)38-27-28-40(45-38)39-26-25-36(44-39)30-13-19-33(20-14-30)42(32-17-11-29(2)12-18-32)34-21-15-31(16-22-34)41(3,4)5/h11-28H,6-10H2,1-5H3. The van der Waals surface area contributed by atoms with E-state index in [1.807, 2.05) is 34.0 Å². The van der Waals surface area contributed by atoms with Crippen LogP contribution in [-0.4, -0.2) is 0 Å². The fourth-order valence-corrected chi connectivity index (χ4v) is 8.87. The minimum Gasteiger partial charge on any atom is -0.311 e. The molecule has 0 saturated heterocycles. The molecule has 0 saturated carbocycles. The summed E-state index contributed by atoms with van der Waals surface area (Å²) in [4.78, 5) is 10.6. The van der Waals surface area contributed by atoms with Crippen molar-refractivity contribution in [3.63, 3.8) is 0 Å². The van der Waals surface area contributed by atoms with Gasteiger partial charge in [-0.2, -0.15) is 0 Å². The molecule has 0 N–H and O–H groups in total. The summed E-state index contributed by atoms with van der Waals surface area (Å²) >= 11 is 5.76. The molecule has 0 aliphatic heterocycles. The van der Waals surface area contributed by atoms with E-state index < -0.39 is 0 Å². The predicted octanol–water partition coefficient (Wildman–Crippen LogP) is 14.1. The summed E-state index contributed by atoms with van der Waals surface area (Å²) in [6.07, 6.45) is 6.49. The van der Waals surface area contributed by atoms with Gasteiger partial charge in [-0.25, -0.2) is 0 Å². The van der Waals surface area contributed by atoms with Crippen LogP contribution >= 0.6 is 34.0 Å². The van der Waals surface area contributed by atoms with Crippen LogP contribution in [0.4, 0.5) is 17.1 Å². The number of hydrogen-bond donors (Lipinski definition) is 0. The molecule has 45 heavy (non-hydrogen) atoms. The van der Waals surface area contributed by atoms with Crippen molar-refractivity contribution in [2.45, 2.75) is 72.1 Å². The van der Waals surface area contributed by atoms with Gasteiger partial charge in [-0.3, -0.25) is 0 Å². The van der Waals surface area contributed by atoms with Gasteiger partial charge in [0.05, 0.1) is 0 Å². The number of rotatable bonds is 11. The normalized spacial score (nSPS) is 11.7. The Hall–Kier alpha value is -3.44. The fraction of sp³-hybridized carbons (Fsp3) is 0.268. The van der Waals surface area contributed by atoms with Gasteiger partial charge >= 0.3 is 0 Å². The number of benzene rings is 3.